The number of rotatable bonds is 9. The van der Waals surface area contributed by atoms with Crippen LogP contribution in [0.3, 0.4) is 0 Å². The molecule has 0 saturated carbocycles. The number of hydrogen-bond acceptors (Lipinski definition) is 6. The predicted molar refractivity (Wildman–Crippen MR) is 109 cm³/mol. The van der Waals surface area contributed by atoms with Crippen LogP contribution in [0.25, 0.3) is 5.82 Å². The average molecular weight is 430 g/mol. The smallest absolute Gasteiger partial charge is 0.352 e. The molecule has 1 aromatic carbocycles. The van der Waals surface area contributed by atoms with Crippen LogP contribution in [0.2, 0.25) is 0 Å². The molecule has 0 saturated heterocycles. The van der Waals surface area contributed by atoms with Crippen molar-refractivity contribution >= 4 is 5.97 Å². The van der Waals surface area contributed by atoms with Crippen molar-refractivity contribution in [3.05, 3.63) is 69.7 Å². The molecule has 0 aliphatic heterocycles. The van der Waals surface area contributed by atoms with Gasteiger partial charge in [-0.15, -0.1) is 5.10 Å². The van der Waals surface area contributed by atoms with Gasteiger partial charge in [-0.05, 0) is 32.4 Å². The lowest BCUT2D eigenvalue weighted by molar-refractivity contribution is 0.0688. The fourth-order valence-corrected chi connectivity index (χ4v) is 2.91. The average Bonchev–Trinajstić information content (AvgIpc) is 3.04. The zero-order valence-electron chi connectivity index (χ0n) is 17.4. The highest BCUT2D eigenvalue weighted by atomic mass is 19.1. The summed E-state index contributed by atoms with van der Waals surface area (Å²) in [6, 6.07) is 10.3. The van der Waals surface area contributed by atoms with Crippen LogP contribution in [0, 0.1) is 5.82 Å². The zero-order chi connectivity index (χ0) is 22.5. The normalized spacial score (nSPS) is 11.1. The van der Waals surface area contributed by atoms with Gasteiger partial charge >= 0.3 is 11.7 Å². The number of carboxylic acids is 1. The van der Waals surface area contributed by atoms with Crippen LogP contribution in [0.1, 0.15) is 42.5 Å². The first-order valence-corrected chi connectivity index (χ1v) is 9.73. The summed E-state index contributed by atoms with van der Waals surface area (Å²) < 4.78 is 27.9. The number of aromatic nitrogens is 4. The first kappa shape index (κ1) is 22.2. The topological polar surface area (TPSA) is 108 Å². The maximum absolute atomic E-state index is 14.7. The molecule has 0 aliphatic rings. The Hall–Kier alpha value is -3.53. The van der Waals surface area contributed by atoms with E-state index in [1.54, 1.807) is 20.8 Å². The summed E-state index contributed by atoms with van der Waals surface area (Å²) in [5.74, 6) is -2.85. The maximum atomic E-state index is 14.7. The molecular formula is C21H23FN4O5. The number of halogens is 1. The number of carbonyl (C=O) groups is 1. The van der Waals surface area contributed by atoms with E-state index in [1.807, 2.05) is 30.3 Å². The lowest BCUT2D eigenvalue weighted by Gasteiger charge is -2.12. The van der Waals surface area contributed by atoms with Crippen molar-refractivity contribution < 1.29 is 23.8 Å². The van der Waals surface area contributed by atoms with E-state index in [4.69, 9.17) is 9.47 Å². The van der Waals surface area contributed by atoms with Crippen molar-refractivity contribution in [2.24, 2.45) is 0 Å². The second-order valence-electron chi connectivity index (χ2n) is 6.95. The van der Waals surface area contributed by atoms with Crippen LogP contribution in [-0.4, -0.2) is 36.5 Å². The monoisotopic (exact) mass is 430 g/mol. The van der Waals surface area contributed by atoms with Crippen LogP contribution >= 0.6 is 0 Å². The number of hydrogen-bond donors (Lipinski definition) is 1. The predicted octanol–water partition coefficient (Wildman–Crippen LogP) is 2.79. The number of ether oxygens (including phenoxy) is 2. The third kappa shape index (κ3) is 4.97. The van der Waals surface area contributed by atoms with Gasteiger partial charge < -0.3 is 14.6 Å². The maximum Gasteiger partial charge on any atom is 0.352 e. The van der Waals surface area contributed by atoms with Crippen molar-refractivity contribution in [1.29, 1.82) is 0 Å². The molecule has 3 rings (SSSR count). The molecule has 3 aromatic rings. The summed E-state index contributed by atoms with van der Waals surface area (Å²) >= 11 is 0. The zero-order valence-corrected chi connectivity index (χ0v) is 17.4. The standard InChI is InChI=1S/C21H23FN4O5/c1-4-25-17(12-30-11-14-8-6-5-7-9-14)24-26(21(25)29)18-16(22)10-15(20(27)28)19(23-18)31-13(2)3/h5-10,13H,4,11-12H2,1-3H3,(H,27,28). The molecule has 0 radical (unpaired) electrons. The van der Waals surface area contributed by atoms with Crippen LogP contribution in [0.15, 0.2) is 41.2 Å². The van der Waals surface area contributed by atoms with Gasteiger partial charge in [0, 0.05) is 6.54 Å². The second kappa shape index (κ2) is 9.52. The number of carboxylic acid groups (broad SMARTS) is 1. The van der Waals surface area contributed by atoms with Crippen LogP contribution < -0.4 is 10.4 Å². The highest BCUT2D eigenvalue weighted by Crippen LogP contribution is 2.22. The van der Waals surface area contributed by atoms with E-state index in [1.165, 1.54) is 4.57 Å². The molecule has 0 amide bonds. The number of benzene rings is 1. The van der Waals surface area contributed by atoms with E-state index >= 15 is 0 Å². The number of pyridine rings is 1. The Morgan fingerprint density at radius 2 is 1.94 bits per heavy atom. The third-order valence-electron chi connectivity index (χ3n) is 4.30. The summed E-state index contributed by atoms with van der Waals surface area (Å²) in [6.07, 6.45) is -0.407. The van der Waals surface area contributed by atoms with Gasteiger partial charge in [0.15, 0.2) is 17.5 Å². The Morgan fingerprint density at radius 1 is 1.23 bits per heavy atom. The van der Waals surface area contributed by atoms with Gasteiger partial charge in [0.2, 0.25) is 5.88 Å². The van der Waals surface area contributed by atoms with Gasteiger partial charge in [-0.25, -0.2) is 14.0 Å². The fourth-order valence-electron chi connectivity index (χ4n) is 2.91. The molecule has 2 aromatic heterocycles. The van der Waals surface area contributed by atoms with Gasteiger partial charge in [-0.1, -0.05) is 30.3 Å². The van der Waals surface area contributed by atoms with Gasteiger partial charge in [-0.3, -0.25) is 4.57 Å². The van der Waals surface area contributed by atoms with Crippen molar-refractivity contribution in [2.45, 2.75) is 46.6 Å². The molecule has 2 heterocycles. The van der Waals surface area contributed by atoms with E-state index in [0.717, 1.165) is 16.3 Å². The molecular weight excluding hydrogens is 407 g/mol. The van der Waals surface area contributed by atoms with E-state index < -0.39 is 35.0 Å². The Labute approximate surface area is 177 Å². The SMILES string of the molecule is CCn1c(COCc2ccccc2)nn(-c2nc(OC(C)C)c(C(=O)O)cc2F)c1=O. The largest absolute Gasteiger partial charge is 0.477 e. The summed E-state index contributed by atoms with van der Waals surface area (Å²) in [5, 5.41) is 13.5. The third-order valence-corrected chi connectivity index (χ3v) is 4.30. The molecule has 9 nitrogen and oxygen atoms in total. The molecule has 0 unspecified atom stereocenters. The first-order chi connectivity index (χ1) is 14.8. The summed E-state index contributed by atoms with van der Waals surface area (Å²) in [6.45, 7) is 5.73. The molecule has 10 heteroatoms. The van der Waals surface area contributed by atoms with E-state index in [-0.39, 0.29) is 19.0 Å². The molecule has 0 spiro atoms. The summed E-state index contributed by atoms with van der Waals surface area (Å²) in [7, 11) is 0. The molecule has 0 atom stereocenters. The highest BCUT2D eigenvalue weighted by molar-refractivity contribution is 5.90. The second-order valence-corrected chi connectivity index (χ2v) is 6.95. The van der Waals surface area contributed by atoms with Crippen LogP contribution in [0.5, 0.6) is 5.88 Å². The van der Waals surface area contributed by atoms with Crippen LogP contribution in [0.4, 0.5) is 4.39 Å². The van der Waals surface area contributed by atoms with Crippen molar-refractivity contribution in [2.75, 3.05) is 0 Å². The number of aromatic carboxylic acids is 1. The minimum Gasteiger partial charge on any atom is -0.477 e. The minimum absolute atomic E-state index is 0.0230. The van der Waals surface area contributed by atoms with Gasteiger partial charge in [0.1, 0.15) is 12.2 Å². The summed E-state index contributed by atoms with van der Waals surface area (Å²) in [5.41, 5.74) is -0.102. The van der Waals surface area contributed by atoms with Gasteiger partial charge in [0.05, 0.1) is 12.7 Å². The Balaban J connectivity index is 1.95. The molecule has 0 fully saturated rings. The first-order valence-electron chi connectivity index (χ1n) is 9.73. The summed E-state index contributed by atoms with van der Waals surface area (Å²) in [4.78, 5) is 28.2. The quantitative estimate of drug-likeness (QED) is 0.556. The van der Waals surface area contributed by atoms with Crippen LogP contribution in [-0.2, 0) is 24.5 Å². The molecule has 0 bridgehead atoms. The fraction of sp³-hybridized carbons (Fsp3) is 0.333. The lowest BCUT2D eigenvalue weighted by atomic mass is 10.2. The Bertz CT molecular complexity index is 1120. The van der Waals surface area contributed by atoms with Crippen molar-refractivity contribution in [1.82, 2.24) is 19.3 Å². The number of nitrogens with zero attached hydrogens (tertiary/aromatic N) is 4. The lowest BCUT2D eigenvalue weighted by Crippen LogP contribution is -2.26. The van der Waals surface area contributed by atoms with Gasteiger partial charge in [0.25, 0.3) is 0 Å². The molecule has 0 aliphatic carbocycles. The Morgan fingerprint density at radius 3 is 2.55 bits per heavy atom. The van der Waals surface area contributed by atoms with Crippen molar-refractivity contribution in [3.8, 4) is 11.7 Å². The molecule has 1 N–H and O–H groups in total. The van der Waals surface area contributed by atoms with E-state index in [9.17, 15) is 19.1 Å². The molecule has 164 valence electrons. The van der Waals surface area contributed by atoms with E-state index in [0.29, 0.717) is 12.4 Å². The van der Waals surface area contributed by atoms with E-state index in [2.05, 4.69) is 10.1 Å². The molecule has 31 heavy (non-hydrogen) atoms. The minimum atomic E-state index is -1.39. The van der Waals surface area contributed by atoms with Gasteiger partial charge in [-0.2, -0.15) is 9.67 Å². The van der Waals surface area contributed by atoms with Crippen molar-refractivity contribution in [3.63, 3.8) is 0 Å². The Kier molecular flexibility index (Phi) is 6.81. The highest BCUT2D eigenvalue weighted by Gasteiger charge is 2.23.